The Balaban J connectivity index is 0.000000546. The highest BCUT2D eigenvalue weighted by molar-refractivity contribution is 5.91. The fourth-order valence-corrected chi connectivity index (χ4v) is 5.43. The topological polar surface area (TPSA) is 78.4 Å². The summed E-state index contributed by atoms with van der Waals surface area (Å²) in [5, 5.41) is 2.84. The van der Waals surface area contributed by atoms with E-state index >= 15 is 0 Å². The summed E-state index contributed by atoms with van der Waals surface area (Å²) in [6.45, 7) is 5.66. The highest BCUT2D eigenvalue weighted by Gasteiger charge is 2.45. The summed E-state index contributed by atoms with van der Waals surface area (Å²) in [7, 11) is 3.97. The molecule has 1 aliphatic rings. The zero-order valence-corrected chi connectivity index (χ0v) is 25.7. The highest BCUT2D eigenvalue weighted by atomic mass is 19.1. The SMILES string of the molecule is CCCN(C)C1(C(=O)N(C)C/C=C/c2cnc(CC)c(CC(=O)Nc3ccccn3)c2)CCCC1.Fc1cccc(F)c1. The number of aromatic nitrogens is 2. The summed E-state index contributed by atoms with van der Waals surface area (Å²) in [5.74, 6) is -0.446. The maximum Gasteiger partial charge on any atom is 0.243 e. The predicted octanol–water partition coefficient (Wildman–Crippen LogP) is 6.31. The maximum atomic E-state index is 13.4. The van der Waals surface area contributed by atoms with Crippen LogP contribution in [0.2, 0.25) is 0 Å². The number of anilines is 1. The lowest BCUT2D eigenvalue weighted by molar-refractivity contribution is -0.142. The van der Waals surface area contributed by atoms with E-state index in [0.29, 0.717) is 12.4 Å². The largest absolute Gasteiger partial charge is 0.340 e. The van der Waals surface area contributed by atoms with Crippen LogP contribution >= 0.6 is 0 Å². The van der Waals surface area contributed by atoms with Crippen molar-refractivity contribution < 1.29 is 18.4 Å². The molecule has 1 fully saturated rings. The van der Waals surface area contributed by atoms with Gasteiger partial charge in [-0.1, -0.05) is 51.0 Å². The third-order valence-corrected chi connectivity index (χ3v) is 7.64. The van der Waals surface area contributed by atoms with Crippen LogP contribution in [0, 0.1) is 11.6 Å². The van der Waals surface area contributed by atoms with Crippen LogP contribution in [-0.2, 0) is 22.4 Å². The van der Waals surface area contributed by atoms with Gasteiger partial charge >= 0.3 is 0 Å². The van der Waals surface area contributed by atoms with Crippen LogP contribution in [0.1, 0.15) is 62.8 Å². The summed E-state index contributed by atoms with van der Waals surface area (Å²) >= 11 is 0. The number of hydrogen-bond acceptors (Lipinski definition) is 5. The first-order valence-electron chi connectivity index (χ1n) is 14.9. The standard InChI is InChI=1S/C28H39N5O2.C6H4F2/c1-5-17-33(4)28(14-8-9-15-28)27(35)32(3)18-11-12-22-19-23(24(6-2)30-21-22)20-26(34)31-25-13-7-10-16-29-25;7-5-2-1-3-6(8)4-5/h7,10-13,16,19,21H,5-6,8-9,14-15,17-18,20H2,1-4H3,(H,29,31,34);1-4H/b12-11+;. The number of halogens is 2. The lowest BCUT2D eigenvalue weighted by Gasteiger charge is -2.39. The molecular weight excluding hydrogens is 548 g/mol. The van der Waals surface area contributed by atoms with Gasteiger partial charge < -0.3 is 10.2 Å². The van der Waals surface area contributed by atoms with Crippen LogP contribution in [0.5, 0.6) is 0 Å². The minimum Gasteiger partial charge on any atom is -0.340 e. The fourth-order valence-electron chi connectivity index (χ4n) is 5.43. The molecule has 1 aromatic carbocycles. The van der Waals surface area contributed by atoms with E-state index in [-0.39, 0.29) is 23.8 Å². The van der Waals surface area contributed by atoms with Crippen LogP contribution in [0.4, 0.5) is 14.6 Å². The summed E-state index contributed by atoms with van der Waals surface area (Å²) in [5.41, 5.74) is 2.37. The Hall–Kier alpha value is -3.98. The Bertz CT molecular complexity index is 1340. The van der Waals surface area contributed by atoms with Gasteiger partial charge in [0.2, 0.25) is 11.8 Å². The number of hydrogen-bond donors (Lipinski definition) is 1. The molecule has 2 heterocycles. The number of nitrogens with zero attached hydrogens (tertiary/aromatic N) is 4. The Labute approximate surface area is 254 Å². The summed E-state index contributed by atoms with van der Waals surface area (Å²) in [6.07, 6.45) is 13.6. The Morgan fingerprint density at radius 2 is 1.72 bits per heavy atom. The molecule has 0 saturated heterocycles. The van der Waals surface area contributed by atoms with Gasteiger partial charge in [0, 0.05) is 37.7 Å². The van der Waals surface area contributed by atoms with Gasteiger partial charge in [-0.25, -0.2) is 13.8 Å². The number of benzene rings is 1. The molecule has 43 heavy (non-hydrogen) atoms. The normalized spacial score (nSPS) is 13.9. The van der Waals surface area contributed by atoms with Gasteiger partial charge in [0.05, 0.1) is 6.42 Å². The molecule has 0 atom stereocenters. The first-order chi connectivity index (χ1) is 20.7. The zero-order chi connectivity index (χ0) is 31.2. The Morgan fingerprint density at radius 1 is 1.00 bits per heavy atom. The Kier molecular flexibility index (Phi) is 12.9. The van der Waals surface area contributed by atoms with Crippen molar-refractivity contribution in [2.45, 2.75) is 64.3 Å². The zero-order valence-electron chi connectivity index (χ0n) is 25.7. The van der Waals surface area contributed by atoms with E-state index in [1.165, 1.54) is 18.2 Å². The molecule has 0 bridgehead atoms. The molecule has 4 rings (SSSR count). The van der Waals surface area contributed by atoms with Crippen molar-refractivity contribution in [1.29, 1.82) is 0 Å². The minimum absolute atomic E-state index is 0.121. The molecular formula is C34H43F2N5O2. The molecule has 0 unspecified atom stereocenters. The van der Waals surface area contributed by atoms with E-state index in [4.69, 9.17) is 0 Å². The molecule has 0 aliphatic heterocycles. The average molecular weight is 592 g/mol. The predicted molar refractivity (Wildman–Crippen MR) is 167 cm³/mol. The first-order valence-corrected chi connectivity index (χ1v) is 14.9. The van der Waals surface area contributed by atoms with Crippen molar-refractivity contribution in [3.8, 4) is 0 Å². The third-order valence-electron chi connectivity index (χ3n) is 7.64. The van der Waals surface area contributed by atoms with Crippen molar-refractivity contribution in [3.05, 3.63) is 95.5 Å². The number of aryl methyl sites for hydroxylation is 1. The van der Waals surface area contributed by atoms with Gasteiger partial charge in [-0.2, -0.15) is 0 Å². The number of rotatable bonds is 11. The fraction of sp³-hybridized carbons (Fsp3) is 0.412. The lowest BCUT2D eigenvalue weighted by atomic mass is 9.93. The van der Waals surface area contributed by atoms with Crippen molar-refractivity contribution in [2.24, 2.45) is 0 Å². The van der Waals surface area contributed by atoms with Gasteiger partial charge in [0.15, 0.2) is 0 Å². The summed E-state index contributed by atoms with van der Waals surface area (Å²) in [6, 6.07) is 12.0. The van der Waals surface area contributed by atoms with Gasteiger partial charge in [0.25, 0.3) is 0 Å². The molecule has 1 saturated carbocycles. The molecule has 230 valence electrons. The summed E-state index contributed by atoms with van der Waals surface area (Å²) < 4.78 is 23.9. The minimum atomic E-state index is -0.537. The number of pyridine rings is 2. The van der Waals surface area contributed by atoms with E-state index in [9.17, 15) is 18.4 Å². The van der Waals surface area contributed by atoms with Crippen LogP contribution in [-0.4, -0.2) is 64.3 Å². The Morgan fingerprint density at radius 3 is 2.30 bits per heavy atom. The second-order valence-corrected chi connectivity index (χ2v) is 10.9. The average Bonchev–Trinajstić information content (AvgIpc) is 3.49. The molecule has 1 N–H and O–H groups in total. The van der Waals surface area contributed by atoms with E-state index in [0.717, 1.165) is 68.0 Å². The van der Waals surface area contributed by atoms with Gasteiger partial charge in [-0.15, -0.1) is 0 Å². The smallest absolute Gasteiger partial charge is 0.243 e. The monoisotopic (exact) mass is 591 g/mol. The van der Waals surface area contributed by atoms with Crippen molar-refractivity contribution in [1.82, 2.24) is 19.8 Å². The van der Waals surface area contributed by atoms with E-state index in [1.807, 2.05) is 55.4 Å². The van der Waals surface area contributed by atoms with Gasteiger partial charge in [0.1, 0.15) is 23.0 Å². The lowest BCUT2D eigenvalue weighted by Crippen LogP contribution is -2.56. The first kappa shape index (κ1) is 33.5. The summed E-state index contributed by atoms with van der Waals surface area (Å²) in [4.78, 5) is 38.8. The molecule has 3 aromatic rings. The third kappa shape index (κ3) is 9.78. The van der Waals surface area contributed by atoms with Gasteiger partial charge in [-0.3, -0.25) is 19.5 Å². The molecule has 9 heteroatoms. The number of nitrogens with one attached hydrogen (secondary N) is 1. The number of carbonyl (C=O) groups excluding carboxylic acids is 2. The van der Waals surface area contributed by atoms with Crippen molar-refractivity contribution in [2.75, 3.05) is 32.5 Å². The van der Waals surface area contributed by atoms with E-state index < -0.39 is 11.6 Å². The van der Waals surface area contributed by atoms with Gasteiger partial charge in [-0.05, 0) is 80.7 Å². The van der Waals surface area contributed by atoms with Crippen LogP contribution in [0.15, 0.2) is 67.0 Å². The van der Waals surface area contributed by atoms with E-state index in [1.54, 1.807) is 12.3 Å². The van der Waals surface area contributed by atoms with Crippen LogP contribution in [0.25, 0.3) is 6.08 Å². The molecule has 2 amide bonds. The molecule has 2 aromatic heterocycles. The van der Waals surface area contributed by atoms with Crippen LogP contribution in [0.3, 0.4) is 0 Å². The number of amides is 2. The number of carbonyl (C=O) groups is 2. The number of likely N-dealkylation sites (N-methyl/N-ethyl adjacent to an activating group) is 2. The van der Waals surface area contributed by atoms with Crippen LogP contribution < -0.4 is 5.32 Å². The second kappa shape index (κ2) is 16.6. The second-order valence-electron chi connectivity index (χ2n) is 10.9. The highest BCUT2D eigenvalue weighted by Crippen LogP contribution is 2.36. The van der Waals surface area contributed by atoms with E-state index in [2.05, 4.69) is 34.2 Å². The molecule has 1 aliphatic carbocycles. The van der Waals surface area contributed by atoms with Crippen molar-refractivity contribution in [3.63, 3.8) is 0 Å². The van der Waals surface area contributed by atoms with Crippen molar-refractivity contribution >= 4 is 23.7 Å². The maximum absolute atomic E-state index is 13.4. The quantitative estimate of drug-likeness (QED) is 0.283. The molecule has 0 radical (unpaired) electrons. The molecule has 7 nitrogen and oxygen atoms in total. The molecule has 0 spiro atoms.